The van der Waals surface area contributed by atoms with Gasteiger partial charge in [0.25, 0.3) is 5.91 Å². The van der Waals surface area contributed by atoms with Crippen molar-refractivity contribution < 1.29 is 23.1 Å². The summed E-state index contributed by atoms with van der Waals surface area (Å²) in [5, 5.41) is 11.7. The maximum Gasteiger partial charge on any atom is 0.259 e. The fraction of sp³-hybridized carbons (Fsp3) is 0. The molecule has 0 unspecified atom stereocenters. The van der Waals surface area contributed by atoms with Gasteiger partial charge in [-0.1, -0.05) is 6.07 Å². The molecule has 0 spiro atoms. The van der Waals surface area contributed by atoms with Gasteiger partial charge in [0.1, 0.15) is 0 Å². The number of para-hydroxylation sites is 1. The van der Waals surface area contributed by atoms with Crippen molar-refractivity contribution in [2.45, 2.75) is 0 Å². The maximum atomic E-state index is 13.0. The third kappa shape index (κ3) is 2.51. The first-order valence-electron chi connectivity index (χ1n) is 5.43. The number of halogens is 3. The van der Waals surface area contributed by atoms with Crippen molar-refractivity contribution in [3.05, 3.63) is 53.3 Å². The second kappa shape index (κ2) is 5.12. The van der Waals surface area contributed by atoms with Gasteiger partial charge in [0, 0.05) is 17.8 Å². The lowest BCUT2D eigenvalue weighted by Crippen LogP contribution is -2.13. The van der Waals surface area contributed by atoms with Crippen molar-refractivity contribution in [2.75, 3.05) is 11.1 Å². The molecule has 104 valence electrons. The van der Waals surface area contributed by atoms with Gasteiger partial charge in [0.15, 0.2) is 23.2 Å². The van der Waals surface area contributed by atoms with Gasteiger partial charge in [0.2, 0.25) is 0 Å². The topological polar surface area (TPSA) is 75.4 Å². The average molecular weight is 282 g/mol. The molecular formula is C13H9F3N2O2. The Hall–Kier alpha value is -2.70. The van der Waals surface area contributed by atoms with Crippen LogP contribution in [0.5, 0.6) is 5.75 Å². The Balaban J connectivity index is 2.30. The summed E-state index contributed by atoms with van der Waals surface area (Å²) in [4.78, 5) is 11.8. The molecule has 0 aliphatic rings. The van der Waals surface area contributed by atoms with Crippen molar-refractivity contribution >= 4 is 17.3 Å². The highest BCUT2D eigenvalue weighted by molar-refractivity contribution is 6.07. The van der Waals surface area contributed by atoms with Crippen LogP contribution >= 0.6 is 0 Å². The third-order valence-corrected chi connectivity index (χ3v) is 2.55. The van der Waals surface area contributed by atoms with Crippen LogP contribution in [-0.2, 0) is 0 Å². The quantitative estimate of drug-likeness (QED) is 0.450. The van der Waals surface area contributed by atoms with Gasteiger partial charge in [-0.05, 0) is 12.1 Å². The second-order valence-electron chi connectivity index (χ2n) is 3.95. The van der Waals surface area contributed by atoms with Gasteiger partial charge in [-0.3, -0.25) is 4.79 Å². The van der Waals surface area contributed by atoms with Crippen LogP contribution in [0.3, 0.4) is 0 Å². The number of benzene rings is 2. The number of phenolic OH excluding ortho intramolecular Hbond substituents is 1. The first-order chi connectivity index (χ1) is 9.40. The molecule has 0 aliphatic carbocycles. The zero-order chi connectivity index (χ0) is 14.9. The Morgan fingerprint density at radius 3 is 2.35 bits per heavy atom. The van der Waals surface area contributed by atoms with Crippen LogP contribution in [0.4, 0.5) is 24.5 Å². The van der Waals surface area contributed by atoms with Crippen LogP contribution in [0, 0.1) is 17.5 Å². The SMILES string of the molecule is Nc1cccc(C(=O)Nc2cc(F)c(F)c(F)c2)c1O. The molecule has 0 saturated heterocycles. The van der Waals surface area contributed by atoms with E-state index in [4.69, 9.17) is 5.73 Å². The normalized spacial score (nSPS) is 10.3. The average Bonchev–Trinajstić information content (AvgIpc) is 2.39. The number of nitrogens with two attached hydrogens (primary N) is 1. The zero-order valence-electron chi connectivity index (χ0n) is 9.95. The highest BCUT2D eigenvalue weighted by Gasteiger charge is 2.16. The van der Waals surface area contributed by atoms with Crippen LogP contribution in [0.15, 0.2) is 30.3 Å². The van der Waals surface area contributed by atoms with Crippen molar-refractivity contribution in [2.24, 2.45) is 0 Å². The molecule has 0 aromatic heterocycles. The van der Waals surface area contributed by atoms with E-state index in [1.807, 2.05) is 0 Å². The fourth-order valence-electron chi connectivity index (χ4n) is 1.57. The molecule has 1 amide bonds. The van der Waals surface area contributed by atoms with Gasteiger partial charge >= 0.3 is 0 Å². The van der Waals surface area contributed by atoms with Crippen LogP contribution < -0.4 is 11.1 Å². The summed E-state index contributed by atoms with van der Waals surface area (Å²) < 4.78 is 38.8. The van der Waals surface area contributed by atoms with Gasteiger partial charge in [-0.25, -0.2) is 13.2 Å². The van der Waals surface area contributed by atoms with Gasteiger partial charge in [-0.15, -0.1) is 0 Å². The van der Waals surface area contributed by atoms with Crippen LogP contribution in [0.1, 0.15) is 10.4 Å². The summed E-state index contributed by atoms with van der Waals surface area (Å²) in [5.41, 5.74) is 4.95. The predicted molar refractivity (Wildman–Crippen MR) is 66.8 cm³/mol. The number of hydrogen-bond acceptors (Lipinski definition) is 3. The molecule has 0 aliphatic heterocycles. The molecule has 0 saturated carbocycles. The van der Waals surface area contributed by atoms with Gasteiger partial charge < -0.3 is 16.2 Å². The zero-order valence-corrected chi connectivity index (χ0v) is 9.95. The Kier molecular flexibility index (Phi) is 3.51. The first kappa shape index (κ1) is 13.7. The van der Waals surface area contributed by atoms with E-state index in [0.29, 0.717) is 12.1 Å². The lowest BCUT2D eigenvalue weighted by molar-refractivity contribution is 0.102. The summed E-state index contributed by atoms with van der Waals surface area (Å²) in [6.07, 6.45) is 0. The van der Waals surface area contributed by atoms with E-state index < -0.39 is 29.1 Å². The molecule has 2 aromatic carbocycles. The third-order valence-electron chi connectivity index (χ3n) is 2.55. The number of phenols is 1. The Morgan fingerprint density at radius 1 is 1.15 bits per heavy atom. The van der Waals surface area contributed by atoms with Crippen molar-refractivity contribution in [1.82, 2.24) is 0 Å². The summed E-state index contributed by atoms with van der Waals surface area (Å²) in [7, 11) is 0. The van der Waals surface area contributed by atoms with Crippen LogP contribution in [0.25, 0.3) is 0 Å². The number of nitrogens with one attached hydrogen (secondary N) is 1. The Bertz CT molecular complexity index is 666. The van der Waals surface area contributed by atoms with E-state index in [1.54, 1.807) is 0 Å². The molecular weight excluding hydrogens is 273 g/mol. The van der Waals surface area contributed by atoms with E-state index >= 15 is 0 Å². The molecule has 2 rings (SSSR count). The summed E-state index contributed by atoms with van der Waals surface area (Å²) in [6.45, 7) is 0. The standard InChI is InChI=1S/C13H9F3N2O2/c14-8-4-6(5-9(15)11(8)16)18-13(20)7-2-1-3-10(17)12(7)19/h1-5,19H,17H2,(H,18,20). The summed E-state index contributed by atoms with van der Waals surface area (Å²) >= 11 is 0. The number of anilines is 2. The van der Waals surface area contributed by atoms with Gasteiger partial charge in [-0.2, -0.15) is 0 Å². The van der Waals surface area contributed by atoms with E-state index in [9.17, 15) is 23.1 Å². The first-order valence-corrected chi connectivity index (χ1v) is 5.43. The minimum Gasteiger partial charge on any atom is -0.505 e. The number of aromatic hydroxyl groups is 1. The van der Waals surface area contributed by atoms with E-state index in [-0.39, 0.29) is 16.9 Å². The number of nitrogen functional groups attached to an aromatic ring is 1. The Morgan fingerprint density at radius 2 is 1.75 bits per heavy atom. The van der Waals surface area contributed by atoms with E-state index in [2.05, 4.69) is 5.32 Å². The molecule has 0 fully saturated rings. The summed E-state index contributed by atoms with van der Waals surface area (Å²) in [5.74, 6) is -5.78. The second-order valence-corrected chi connectivity index (χ2v) is 3.95. The Labute approximate surface area is 111 Å². The molecule has 4 N–H and O–H groups in total. The molecule has 0 bridgehead atoms. The molecule has 0 heterocycles. The van der Waals surface area contributed by atoms with Crippen LogP contribution in [-0.4, -0.2) is 11.0 Å². The summed E-state index contributed by atoms with van der Waals surface area (Å²) in [6, 6.07) is 5.33. The van der Waals surface area contributed by atoms with Crippen molar-refractivity contribution in [3.8, 4) is 5.75 Å². The minimum atomic E-state index is -1.63. The number of hydrogen-bond donors (Lipinski definition) is 3. The number of carbonyl (C=O) groups is 1. The van der Waals surface area contributed by atoms with Crippen molar-refractivity contribution in [1.29, 1.82) is 0 Å². The van der Waals surface area contributed by atoms with Crippen LogP contribution in [0.2, 0.25) is 0 Å². The smallest absolute Gasteiger partial charge is 0.259 e. The highest BCUT2D eigenvalue weighted by Crippen LogP contribution is 2.25. The largest absolute Gasteiger partial charge is 0.505 e. The maximum absolute atomic E-state index is 13.0. The lowest BCUT2D eigenvalue weighted by Gasteiger charge is -2.08. The highest BCUT2D eigenvalue weighted by atomic mass is 19.2. The molecule has 0 radical (unpaired) electrons. The van der Waals surface area contributed by atoms with E-state index in [0.717, 1.165) is 0 Å². The molecule has 0 atom stereocenters. The number of carbonyl (C=O) groups excluding carboxylic acids is 1. The van der Waals surface area contributed by atoms with Gasteiger partial charge in [0.05, 0.1) is 11.3 Å². The van der Waals surface area contributed by atoms with E-state index in [1.165, 1.54) is 18.2 Å². The molecule has 7 heteroatoms. The number of rotatable bonds is 2. The number of amides is 1. The van der Waals surface area contributed by atoms with Crippen molar-refractivity contribution in [3.63, 3.8) is 0 Å². The molecule has 20 heavy (non-hydrogen) atoms. The lowest BCUT2D eigenvalue weighted by atomic mass is 10.1. The monoisotopic (exact) mass is 282 g/mol. The predicted octanol–water partition coefficient (Wildman–Crippen LogP) is 2.64. The molecule has 2 aromatic rings. The fourth-order valence-corrected chi connectivity index (χ4v) is 1.57. The molecule has 4 nitrogen and oxygen atoms in total. The minimum absolute atomic E-state index is 0.0193.